The molecule has 0 unspecified atom stereocenters. The van der Waals surface area contributed by atoms with Gasteiger partial charge in [-0.1, -0.05) is 19.8 Å². The summed E-state index contributed by atoms with van der Waals surface area (Å²) in [5.41, 5.74) is 0.410. The smallest absolute Gasteiger partial charge is 0.0596 e. The molecule has 0 aromatic carbocycles. The zero-order chi connectivity index (χ0) is 7.90. The second-order valence-electron chi connectivity index (χ2n) is 4.30. The Morgan fingerprint density at radius 3 is 3.00 bits per heavy atom. The van der Waals surface area contributed by atoms with E-state index in [1.807, 2.05) is 0 Å². The summed E-state index contributed by atoms with van der Waals surface area (Å²) < 4.78 is 0. The minimum atomic E-state index is 0.00722. The second kappa shape index (κ2) is 2.48. The van der Waals surface area contributed by atoms with Crippen LogP contribution >= 0.6 is 0 Å². The first-order valence-electron chi connectivity index (χ1n) is 4.97. The topological polar surface area (TPSA) is 20.2 Å². The maximum Gasteiger partial charge on any atom is 0.0596 e. The third kappa shape index (κ3) is 1.01. The quantitative estimate of drug-likeness (QED) is 0.647. The van der Waals surface area contributed by atoms with E-state index in [0.717, 1.165) is 12.3 Å². The largest absolute Gasteiger partial charge is 0.393 e. The van der Waals surface area contributed by atoms with Gasteiger partial charge in [-0.2, -0.15) is 0 Å². The Morgan fingerprint density at radius 1 is 1.55 bits per heavy atom. The van der Waals surface area contributed by atoms with Crippen molar-refractivity contribution in [2.45, 2.75) is 51.6 Å². The van der Waals surface area contributed by atoms with Crippen LogP contribution in [0.4, 0.5) is 0 Å². The van der Waals surface area contributed by atoms with E-state index < -0.39 is 0 Å². The second-order valence-corrected chi connectivity index (χ2v) is 4.30. The van der Waals surface area contributed by atoms with E-state index in [1.54, 1.807) is 0 Å². The van der Waals surface area contributed by atoms with Crippen molar-refractivity contribution in [3.05, 3.63) is 0 Å². The number of fused-ring (bicyclic) bond motifs is 1. The fourth-order valence-electron chi connectivity index (χ4n) is 2.92. The third-order valence-electron chi connectivity index (χ3n) is 3.77. The van der Waals surface area contributed by atoms with Crippen LogP contribution < -0.4 is 0 Å². The first-order chi connectivity index (χ1) is 5.29. The van der Waals surface area contributed by atoms with Crippen LogP contribution in [0.2, 0.25) is 0 Å². The van der Waals surface area contributed by atoms with E-state index in [0.29, 0.717) is 5.41 Å². The number of hydrogen-bond donors (Lipinski definition) is 1. The van der Waals surface area contributed by atoms with Gasteiger partial charge in [-0.3, -0.25) is 0 Å². The molecular weight excluding hydrogens is 136 g/mol. The highest BCUT2D eigenvalue weighted by molar-refractivity contribution is 5.07. The molecule has 1 nitrogen and oxygen atoms in total. The van der Waals surface area contributed by atoms with Crippen LogP contribution in [0.3, 0.4) is 0 Å². The summed E-state index contributed by atoms with van der Waals surface area (Å²) in [6.45, 7) is 2.10. The molecule has 2 aliphatic rings. The SMILES string of the molecule is CC[C@H](O)[C@]12CCCC[C@H]1C2. The maximum atomic E-state index is 9.78. The molecule has 2 saturated carbocycles. The van der Waals surface area contributed by atoms with Gasteiger partial charge in [0.2, 0.25) is 0 Å². The van der Waals surface area contributed by atoms with Gasteiger partial charge in [0.25, 0.3) is 0 Å². The molecule has 0 bridgehead atoms. The van der Waals surface area contributed by atoms with Crippen molar-refractivity contribution in [3.63, 3.8) is 0 Å². The summed E-state index contributed by atoms with van der Waals surface area (Å²) in [7, 11) is 0. The van der Waals surface area contributed by atoms with Gasteiger partial charge in [0.15, 0.2) is 0 Å². The highest BCUT2D eigenvalue weighted by atomic mass is 16.3. The normalized spacial score (nSPS) is 44.7. The van der Waals surface area contributed by atoms with Gasteiger partial charge in [-0.05, 0) is 37.0 Å². The number of aliphatic hydroxyl groups is 1. The van der Waals surface area contributed by atoms with Crippen LogP contribution in [0.25, 0.3) is 0 Å². The maximum absolute atomic E-state index is 9.78. The molecule has 0 aliphatic heterocycles. The fraction of sp³-hybridized carbons (Fsp3) is 1.00. The standard InChI is InChI=1S/C10H18O/c1-2-9(11)10-6-4-3-5-8(10)7-10/h8-9,11H,2-7H2,1H3/t8-,9-,10-/m0/s1. The van der Waals surface area contributed by atoms with Gasteiger partial charge in [-0.25, -0.2) is 0 Å². The fourth-order valence-corrected chi connectivity index (χ4v) is 2.92. The van der Waals surface area contributed by atoms with E-state index in [-0.39, 0.29) is 6.10 Å². The minimum Gasteiger partial charge on any atom is -0.393 e. The van der Waals surface area contributed by atoms with Gasteiger partial charge >= 0.3 is 0 Å². The molecule has 1 heteroatoms. The Balaban J connectivity index is 2.01. The molecule has 0 radical (unpaired) electrons. The van der Waals surface area contributed by atoms with Crippen LogP contribution in [0.5, 0.6) is 0 Å². The van der Waals surface area contributed by atoms with E-state index in [2.05, 4.69) is 6.92 Å². The average Bonchev–Trinajstić information content (AvgIpc) is 2.78. The highest BCUT2D eigenvalue weighted by Gasteiger charge is 2.58. The molecule has 2 rings (SSSR count). The lowest BCUT2D eigenvalue weighted by Gasteiger charge is -2.26. The molecule has 0 saturated heterocycles. The number of aliphatic hydroxyl groups excluding tert-OH is 1. The number of hydrogen-bond acceptors (Lipinski definition) is 1. The van der Waals surface area contributed by atoms with E-state index in [4.69, 9.17) is 0 Å². The van der Waals surface area contributed by atoms with Crippen molar-refractivity contribution in [2.75, 3.05) is 0 Å². The van der Waals surface area contributed by atoms with E-state index in [9.17, 15) is 5.11 Å². The van der Waals surface area contributed by atoms with Gasteiger partial charge in [-0.15, -0.1) is 0 Å². The Labute approximate surface area is 68.8 Å². The summed E-state index contributed by atoms with van der Waals surface area (Å²) in [6.07, 6.45) is 7.73. The van der Waals surface area contributed by atoms with Crippen LogP contribution in [0.15, 0.2) is 0 Å². The summed E-state index contributed by atoms with van der Waals surface area (Å²) in [4.78, 5) is 0. The van der Waals surface area contributed by atoms with Crippen LogP contribution in [0, 0.1) is 11.3 Å². The Morgan fingerprint density at radius 2 is 2.36 bits per heavy atom. The first kappa shape index (κ1) is 7.60. The summed E-state index contributed by atoms with van der Waals surface area (Å²) in [6, 6.07) is 0. The monoisotopic (exact) mass is 154 g/mol. The van der Waals surface area contributed by atoms with Crippen molar-refractivity contribution in [2.24, 2.45) is 11.3 Å². The molecule has 1 N–H and O–H groups in total. The zero-order valence-electron chi connectivity index (χ0n) is 7.34. The Bertz CT molecular complexity index is 155. The first-order valence-corrected chi connectivity index (χ1v) is 4.97. The Kier molecular flexibility index (Phi) is 1.71. The predicted octanol–water partition coefficient (Wildman–Crippen LogP) is 2.34. The lowest BCUT2D eigenvalue weighted by molar-refractivity contribution is 0.0625. The van der Waals surface area contributed by atoms with Crippen LogP contribution in [-0.4, -0.2) is 11.2 Å². The molecule has 64 valence electrons. The van der Waals surface area contributed by atoms with E-state index in [1.165, 1.54) is 32.1 Å². The van der Waals surface area contributed by atoms with Crippen molar-refractivity contribution in [3.8, 4) is 0 Å². The lowest BCUT2D eigenvalue weighted by atomic mass is 9.83. The van der Waals surface area contributed by atoms with Crippen molar-refractivity contribution < 1.29 is 5.11 Å². The molecule has 0 amide bonds. The molecule has 0 aromatic rings. The van der Waals surface area contributed by atoms with Crippen molar-refractivity contribution in [1.29, 1.82) is 0 Å². The number of rotatable bonds is 2. The molecule has 2 aliphatic carbocycles. The summed E-state index contributed by atoms with van der Waals surface area (Å²) in [5.74, 6) is 0.895. The summed E-state index contributed by atoms with van der Waals surface area (Å²) >= 11 is 0. The molecule has 0 heterocycles. The van der Waals surface area contributed by atoms with E-state index >= 15 is 0 Å². The average molecular weight is 154 g/mol. The van der Waals surface area contributed by atoms with Crippen molar-refractivity contribution in [1.82, 2.24) is 0 Å². The molecule has 0 aromatic heterocycles. The molecular formula is C10H18O. The molecule has 2 fully saturated rings. The lowest BCUT2D eigenvalue weighted by Crippen LogP contribution is -2.25. The zero-order valence-corrected chi connectivity index (χ0v) is 7.34. The van der Waals surface area contributed by atoms with Gasteiger partial charge in [0.05, 0.1) is 6.10 Å². The minimum absolute atomic E-state index is 0.00722. The Hall–Kier alpha value is -0.0400. The van der Waals surface area contributed by atoms with Gasteiger partial charge in [0, 0.05) is 0 Å². The third-order valence-corrected chi connectivity index (χ3v) is 3.77. The van der Waals surface area contributed by atoms with Crippen LogP contribution in [-0.2, 0) is 0 Å². The molecule has 3 atom stereocenters. The van der Waals surface area contributed by atoms with Gasteiger partial charge in [0.1, 0.15) is 0 Å². The van der Waals surface area contributed by atoms with Gasteiger partial charge < -0.3 is 5.11 Å². The highest BCUT2D eigenvalue weighted by Crippen LogP contribution is 2.63. The molecule has 11 heavy (non-hydrogen) atoms. The summed E-state index contributed by atoms with van der Waals surface area (Å²) in [5, 5.41) is 9.78. The van der Waals surface area contributed by atoms with Crippen molar-refractivity contribution >= 4 is 0 Å². The molecule has 0 spiro atoms. The van der Waals surface area contributed by atoms with Crippen LogP contribution in [0.1, 0.15) is 45.4 Å². The predicted molar refractivity (Wildman–Crippen MR) is 45.3 cm³/mol.